The molecule has 0 radical (unpaired) electrons. The summed E-state index contributed by atoms with van der Waals surface area (Å²) in [6.07, 6.45) is 7.26. The lowest BCUT2D eigenvalue weighted by molar-refractivity contribution is -0.119. The fourth-order valence-corrected chi connectivity index (χ4v) is 4.94. The van der Waals surface area contributed by atoms with E-state index in [1.807, 2.05) is 32.4 Å². The number of rotatable bonds is 6. The van der Waals surface area contributed by atoms with Crippen molar-refractivity contribution < 1.29 is 9.59 Å². The summed E-state index contributed by atoms with van der Waals surface area (Å²) < 4.78 is 1.81. The molecule has 4 aromatic rings. The summed E-state index contributed by atoms with van der Waals surface area (Å²) in [5.41, 5.74) is 3.89. The molecule has 3 heterocycles. The average Bonchev–Trinajstić information content (AvgIpc) is 3.43. The van der Waals surface area contributed by atoms with Crippen LogP contribution >= 0.6 is 11.3 Å². The molecule has 0 atom stereocenters. The molecular formula is C27H27N5O2S. The fourth-order valence-electron chi connectivity index (χ4n) is 4.01. The van der Waals surface area contributed by atoms with Gasteiger partial charge in [0.1, 0.15) is 6.54 Å². The molecule has 0 saturated heterocycles. The minimum Gasteiger partial charge on any atom is -0.358 e. The predicted molar refractivity (Wildman–Crippen MR) is 141 cm³/mol. The Balaban J connectivity index is 1.94. The van der Waals surface area contributed by atoms with Crippen LogP contribution in [0.25, 0.3) is 22.3 Å². The molecule has 0 unspecified atom stereocenters. The first kappa shape index (κ1) is 24.2. The highest BCUT2D eigenvalue weighted by atomic mass is 32.1. The number of benzene rings is 1. The van der Waals surface area contributed by atoms with Crippen LogP contribution < -0.4 is 10.2 Å². The molecule has 3 aromatic heterocycles. The van der Waals surface area contributed by atoms with E-state index in [0.717, 1.165) is 15.3 Å². The average molecular weight is 486 g/mol. The van der Waals surface area contributed by atoms with Gasteiger partial charge >= 0.3 is 0 Å². The standard InChI is InChI=1S/C27H27N5O2S/c1-7-19-9-8-10-20(12-19)31(15-25(33)28-6)27(34)22-13-24(21-11-17(4)35-18(21)5)30-26-23(22)14-29-32(26)16(2)3/h1,8-14,16H,15H2,2-6H3,(H,28,33). The third-order valence-electron chi connectivity index (χ3n) is 5.75. The maximum atomic E-state index is 14.1. The number of thiophene rings is 1. The Morgan fingerprint density at radius 2 is 2.00 bits per heavy atom. The molecule has 0 bridgehead atoms. The number of nitrogens with one attached hydrogen (secondary N) is 1. The van der Waals surface area contributed by atoms with E-state index in [1.165, 1.54) is 4.90 Å². The lowest BCUT2D eigenvalue weighted by Gasteiger charge is -2.23. The van der Waals surface area contributed by atoms with Crippen LogP contribution in [0.1, 0.15) is 45.6 Å². The molecule has 1 aromatic carbocycles. The van der Waals surface area contributed by atoms with E-state index < -0.39 is 0 Å². The number of aromatic nitrogens is 3. The molecule has 4 rings (SSSR count). The number of carbonyl (C=O) groups excluding carboxylic acids is 2. The second-order valence-corrected chi connectivity index (χ2v) is 10.0. The van der Waals surface area contributed by atoms with Crippen LogP contribution in [0.15, 0.2) is 42.6 Å². The van der Waals surface area contributed by atoms with Crippen LogP contribution in [0.4, 0.5) is 5.69 Å². The monoisotopic (exact) mass is 485 g/mol. The van der Waals surface area contributed by atoms with E-state index in [0.29, 0.717) is 33.5 Å². The van der Waals surface area contributed by atoms with Gasteiger partial charge in [-0.05, 0) is 58.0 Å². The van der Waals surface area contributed by atoms with E-state index in [4.69, 9.17) is 11.4 Å². The first-order valence-corrected chi connectivity index (χ1v) is 12.1. The minimum absolute atomic E-state index is 0.0535. The number of hydrogen-bond acceptors (Lipinski definition) is 5. The van der Waals surface area contributed by atoms with Gasteiger partial charge in [-0.2, -0.15) is 5.10 Å². The fraction of sp³-hybridized carbons (Fsp3) is 0.259. The van der Waals surface area contributed by atoms with Crippen molar-refractivity contribution in [2.45, 2.75) is 33.7 Å². The molecular weight excluding hydrogens is 458 g/mol. The molecule has 0 fully saturated rings. The summed E-state index contributed by atoms with van der Waals surface area (Å²) in [6.45, 7) is 7.98. The van der Waals surface area contributed by atoms with Gasteiger partial charge in [-0.25, -0.2) is 9.67 Å². The second kappa shape index (κ2) is 9.72. The van der Waals surface area contributed by atoms with Crippen molar-refractivity contribution in [1.29, 1.82) is 0 Å². The summed E-state index contributed by atoms with van der Waals surface area (Å²) in [4.78, 5) is 35.1. The summed E-state index contributed by atoms with van der Waals surface area (Å²) >= 11 is 1.69. The summed E-state index contributed by atoms with van der Waals surface area (Å²) in [5.74, 6) is 1.97. The molecule has 8 heteroatoms. The summed E-state index contributed by atoms with van der Waals surface area (Å²) in [7, 11) is 1.54. The van der Waals surface area contributed by atoms with Crippen LogP contribution in [0, 0.1) is 26.2 Å². The van der Waals surface area contributed by atoms with E-state index in [9.17, 15) is 9.59 Å². The van der Waals surface area contributed by atoms with Gasteiger partial charge in [0.2, 0.25) is 5.91 Å². The van der Waals surface area contributed by atoms with E-state index >= 15 is 0 Å². The molecule has 0 aliphatic heterocycles. The number of aryl methyl sites for hydroxylation is 2. The lowest BCUT2D eigenvalue weighted by atomic mass is 10.1. The Bertz CT molecular complexity index is 1470. The molecule has 0 aliphatic rings. The van der Waals surface area contributed by atoms with Gasteiger partial charge in [-0.1, -0.05) is 12.0 Å². The highest BCUT2D eigenvalue weighted by Gasteiger charge is 2.26. The highest BCUT2D eigenvalue weighted by molar-refractivity contribution is 7.12. The van der Waals surface area contributed by atoms with Gasteiger partial charge < -0.3 is 5.32 Å². The zero-order valence-corrected chi connectivity index (χ0v) is 21.2. The van der Waals surface area contributed by atoms with Crippen molar-refractivity contribution in [3.63, 3.8) is 0 Å². The minimum atomic E-state index is -0.329. The van der Waals surface area contributed by atoms with Crippen molar-refractivity contribution in [3.05, 3.63) is 63.5 Å². The third kappa shape index (κ3) is 4.68. The molecule has 0 spiro atoms. The van der Waals surface area contributed by atoms with Gasteiger partial charge in [0.25, 0.3) is 5.91 Å². The van der Waals surface area contributed by atoms with Crippen molar-refractivity contribution >= 4 is 39.9 Å². The number of anilines is 1. The molecule has 2 amide bonds. The molecule has 178 valence electrons. The second-order valence-electron chi connectivity index (χ2n) is 8.56. The maximum Gasteiger partial charge on any atom is 0.259 e. The summed E-state index contributed by atoms with van der Waals surface area (Å²) in [5, 5.41) is 7.75. The first-order chi connectivity index (χ1) is 16.7. The lowest BCUT2D eigenvalue weighted by Crippen LogP contribution is -2.40. The molecule has 0 aliphatic carbocycles. The van der Waals surface area contributed by atoms with Gasteiger partial charge in [-0.3, -0.25) is 14.5 Å². The number of fused-ring (bicyclic) bond motifs is 1. The third-order valence-corrected chi connectivity index (χ3v) is 6.72. The quantitative estimate of drug-likeness (QED) is 0.401. The number of amides is 2. The topological polar surface area (TPSA) is 80.1 Å². The zero-order valence-electron chi connectivity index (χ0n) is 20.4. The van der Waals surface area contributed by atoms with Crippen LogP contribution in [0.3, 0.4) is 0 Å². The van der Waals surface area contributed by atoms with Gasteiger partial charge in [0.05, 0.1) is 22.8 Å². The van der Waals surface area contributed by atoms with Gasteiger partial charge in [0.15, 0.2) is 5.65 Å². The molecule has 0 saturated carbocycles. The Morgan fingerprint density at radius 1 is 1.23 bits per heavy atom. The van der Waals surface area contributed by atoms with Crippen molar-refractivity contribution in [1.82, 2.24) is 20.1 Å². The van der Waals surface area contributed by atoms with Crippen LogP contribution in [-0.2, 0) is 4.79 Å². The molecule has 35 heavy (non-hydrogen) atoms. The van der Waals surface area contributed by atoms with E-state index in [-0.39, 0.29) is 24.4 Å². The molecule has 1 N–H and O–H groups in total. The van der Waals surface area contributed by atoms with Crippen molar-refractivity contribution in [2.24, 2.45) is 0 Å². The largest absolute Gasteiger partial charge is 0.358 e. The van der Waals surface area contributed by atoms with Gasteiger partial charge in [0, 0.05) is 39.7 Å². The van der Waals surface area contributed by atoms with Crippen LogP contribution in [-0.4, -0.2) is 40.2 Å². The Morgan fingerprint density at radius 3 is 2.63 bits per heavy atom. The number of pyridine rings is 1. The Labute approximate surface area is 208 Å². The van der Waals surface area contributed by atoms with Crippen molar-refractivity contribution in [3.8, 4) is 23.6 Å². The van der Waals surface area contributed by atoms with E-state index in [1.54, 1.807) is 54.9 Å². The zero-order chi connectivity index (χ0) is 25.3. The number of hydrogen-bond donors (Lipinski definition) is 1. The highest BCUT2D eigenvalue weighted by Crippen LogP contribution is 2.33. The Kier molecular flexibility index (Phi) is 6.72. The SMILES string of the molecule is C#Cc1cccc(N(CC(=O)NC)C(=O)c2cc(-c3cc(C)sc3C)nc3c2cnn3C(C)C)c1. The predicted octanol–water partition coefficient (Wildman–Crippen LogP) is 4.73. The van der Waals surface area contributed by atoms with E-state index in [2.05, 4.69) is 22.4 Å². The number of likely N-dealkylation sites (N-methyl/N-ethyl adjacent to an activating group) is 1. The van der Waals surface area contributed by atoms with Crippen LogP contribution in [0.2, 0.25) is 0 Å². The first-order valence-electron chi connectivity index (χ1n) is 11.3. The normalized spacial score (nSPS) is 11.0. The summed E-state index contributed by atoms with van der Waals surface area (Å²) in [6, 6.07) is 11.0. The van der Waals surface area contributed by atoms with Crippen molar-refractivity contribution in [2.75, 3.05) is 18.5 Å². The number of carbonyl (C=O) groups is 2. The number of terminal acetylenes is 1. The smallest absolute Gasteiger partial charge is 0.259 e. The number of nitrogens with zero attached hydrogens (tertiary/aromatic N) is 4. The van der Waals surface area contributed by atoms with Crippen LogP contribution in [0.5, 0.6) is 0 Å². The Hall–Kier alpha value is -3.96. The molecule has 7 nitrogen and oxygen atoms in total. The maximum absolute atomic E-state index is 14.1. The van der Waals surface area contributed by atoms with Gasteiger partial charge in [-0.15, -0.1) is 17.8 Å².